The number of carbonyl (C=O) groups excluding carboxylic acids is 3. The number of amides is 3. The van der Waals surface area contributed by atoms with Crippen molar-refractivity contribution in [3.8, 4) is 0 Å². The van der Waals surface area contributed by atoms with Gasteiger partial charge in [-0.3, -0.25) is 4.79 Å². The fraction of sp³-hybridized carbons (Fsp3) is 0.750. The molecule has 7 nitrogen and oxygen atoms in total. The summed E-state index contributed by atoms with van der Waals surface area (Å²) in [6.07, 6.45) is 0.406. The molecule has 2 N–H and O–H groups in total. The Balaban J connectivity index is 2.24. The minimum Gasteiger partial charge on any atom is -0.616 e. The summed E-state index contributed by atoms with van der Waals surface area (Å²) in [5.74, 6) is -1.55. The molecule has 20 heavy (non-hydrogen) atoms. The number of aliphatic hydroxyl groups excluding tert-OH is 1. The molecule has 8 heteroatoms. The summed E-state index contributed by atoms with van der Waals surface area (Å²) in [5, 5.41) is 24.2. The number of likely N-dealkylation sites (tertiary alicyclic amines) is 1. The number of halogens is 1. The van der Waals surface area contributed by atoms with Gasteiger partial charge in [0.2, 0.25) is 12.1 Å². The predicted molar refractivity (Wildman–Crippen MR) is 79.2 cm³/mol. The fourth-order valence-electron chi connectivity index (χ4n) is 2.09. The summed E-state index contributed by atoms with van der Waals surface area (Å²) in [6, 6.07) is 0. The second kappa shape index (κ2) is 8.01. The molecule has 1 rings (SSSR count). The minimum atomic E-state index is -1.72. The molecule has 0 saturated carbocycles. The van der Waals surface area contributed by atoms with Crippen LogP contribution in [0.3, 0.4) is 0 Å². The molecule has 2 atom stereocenters. The molecule has 1 saturated heterocycles. The average molecular weight is 398 g/mol. The third-order valence-corrected chi connectivity index (χ3v) is 3.98. The molecule has 0 aromatic rings. The number of hydrogen-bond acceptors (Lipinski definition) is 5. The van der Waals surface area contributed by atoms with Crippen LogP contribution in [0.15, 0.2) is 0 Å². The molecule has 1 heterocycles. The van der Waals surface area contributed by atoms with Crippen molar-refractivity contribution in [1.29, 1.82) is 0 Å². The van der Waals surface area contributed by atoms with Crippen LogP contribution >= 0.6 is 22.6 Å². The van der Waals surface area contributed by atoms with Gasteiger partial charge in [-0.2, -0.15) is 0 Å². The molecule has 0 aromatic heterocycles. The third-order valence-electron chi connectivity index (χ3n) is 3.29. The van der Waals surface area contributed by atoms with E-state index in [2.05, 4.69) is 5.32 Å². The molecule has 0 aliphatic carbocycles. The standard InChI is InChI=1S/C12H19IN2O5/c13-8-9(16)14-7-3-1-2-4-10(17)15(20)11(18)5-6-12(15)19/h11,18H,1-8H2,(H,14,16). The van der Waals surface area contributed by atoms with Gasteiger partial charge in [-0.25, -0.2) is 14.2 Å². The summed E-state index contributed by atoms with van der Waals surface area (Å²) in [7, 11) is 0. The number of rotatable bonds is 7. The van der Waals surface area contributed by atoms with Crippen molar-refractivity contribution in [3.63, 3.8) is 0 Å². The summed E-state index contributed by atoms with van der Waals surface area (Å²) in [4.78, 5) is 34.2. The number of quaternary nitrogens is 1. The van der Waals surface area contributed by atoms with Gasteiger partial charge in [-0.05, 0) is 12.8 Å². The maximum atomic E-state index is 12.0. The van der Waals surface area contributed by atoms with Crippen LogP contribution in [0.5, 0.6) is 0 Å². The van der Waals surface area contributed by atoms with Crippen LogP contribution in [0.2, 0.25) is 0 Å². The van der Waals surface area contributed by atoms with Crippen molar-refractivity contribution < 1.29 is 24.1 Å². The van der Waals surface area contributed by atoms with Gasteiger partial charge in [0.05, 0.1) is 17.3 Å². The van der Waals surface area contributed by atoms with Crippen LogP contribution in [0, 0.1) is 5.21 Å². The zero-order valence-corrected chi connectivity index (χ0v) is 13.3. The molecular formula is C12H19IN2O5. The number of unbranched alkanes of at least 4 members (excludes halogenated alkanes) is 2. The summed E-state index contributed by atoms with van der Waals surface area (Å²) >= 11 is 1.97. The third kappa shape index (κ3) is 4.21. The number of hydroxylamine groups is 3. The van der Waals surface area contributed by atoms with Crippen molar-refractivity contribution >= 4 is 40.3 Å². The highest BCUT2D eigenvalue weighted by Gasteiger charge is 2.47. The Morgan fingerprint density at radius 3 is 2.65 bits per heavy atom. The topological polar surface area (TPSA) is 107 Å². The number of aliphatic hydroxyl groups is 1. The van der Waals surface area contributed by atoms with Crippen LogP contribution in [-0.4, -0.2) is 44.7 Å². The lowest BCUT2D eigenvalue weighted by molar-refractivity contribution is -0.774. The minimum absolute atomic E-state index is 0.0213. The molecule has 2 unspecified atom stereocenters. The smallest absolute Gasteiger partial charge is 0.323 e. The molecule has 1 fully saturated rings. The first kappa shape index (κ1) is 17.5. The Hall–Kier alpha value is -0.580. The second-order valence-electron chi connectivity index (χ2n) is 4.76. The number of imide groups is 1. The first-order valence-corrected chi connectivity index (χ1v) is 8.12. The average Bonchev–Trinajstić information content (AvgIpc) is 2.70. The van der Waals surface area contributed by atoms with Crippen LogP contribution in [0.4, 0.5) is 0 Å². The molecule has 3 amide bonds. The first-order chi connectivity index (χ1) is 9.42. The van der Waals surface area contributed by atoms with Crippen molar-refractivity contribution in [2.75, 3.05) is 11.0 Å². The van der Waals surface area contributed by atoms with Gasteiger partial charge in [0, 0.05) is 13.0 Å². The molecule has 0 aromatic carbocycles. The lowest BCUT2D eigenvalue weighted by Gasteiger charge is -2.35. The van der Waals surface area contributed by atoms with E-state index in [1.807, 2.05) is 22.6 Å². The zero-order valence-electron chi connectivity index (χ0n) is 11.1. The Bertz CT molecular complexity index is 390. The first-order valence-electron chi connectivity index (χ1n) is 6.60. The van der Waals surface area contributed by atoms with E-state index in [1.54, 1.807) is 0 Å². The molecule has 0 radical (unpaired) electrons. The molecule has 0 bridgehead atoms. The maximum Gasteiger partial charge on any atom is 0.323 e. The second-order valence-corrected chi connectivity index (χ2v) is 5.52. The number of carbonyl (C=O) groups is 3. The normalized spacial score (nSPS) is 25.8. The van der Waals surface area contributed by atoms with Crippen molar-refractivity contribution in [2.45, 2.75) is 44.8 Å². The van der Waals surface area contributed by atoms with E-state index < -0.39 is 22.7 Å². The van der Waals surface area contributed by atoms with Gasteiger partial charge in [0.1, 0.15) is 0 Å². The van der Waals surface area contributed by atoms with E-state index in [9.17, 15) is 24.7 Å². The zero-order chi connectivity index (χ0) is 15.2. The van der Waals surface area contributed by atoms with E-state index in [-0.39, 0.29) is 25.2 Å². The van der Waals surface area contributed by atoms with E-state index in [0.717, 1.165) is 0 Å². The Kier molecular flexibility index (Phi) is 7.00. The number of alkyl halides is 1. The largest absolute Gasteiger partial charge is 0.616 e. The van der Waals surface area contributed by atoms with E-state index in [4.69, 9.17) is 0 Å². The lowest BCUT2D eigenvalue weighted by Crippen LogP contribution is -2.54. The highest BCUT2D eigenvalue weighted by Crippen LogP contribution is 2.27. The van der Waals surface area contributed by atoms with Crippen molar-refractivity contribution in [2.24, 2.45) is 0 Å². The Morgan fingerprint density at radius 2 is 2.10 bits per heavy atom. The fourth-order valence-corrected chi connectivity index (χ4v) is 2.36. The van der Waals surface area contributed by atoms with Crippen LogP contribution in [0.1, 0.15) is 38.5 Å². The van der Waals surface area contributed by atoms with Crippen LogP contribution in [-0.2, 0) is 14.4 Å². The summed E-state index contributed by atoms with van der Waals surface area (Å²) < 4.78 is -1.31. The number of nitrogens with zero attached hydrogens (tertiary/aromatic N) is 1. The quantitative estimate of drug-likeness (QED) is 0.215. The molecular weight excluding hydrogens is 379 g/mol. The molecule has 114 valence electrons. The summed E-state index contributed by atoms with van der Waals surface area (Å²) in [6.45, 7) is 0.537. The van der Waals surface area contributed by atoms with E-state index in [0.29, 0.717) is 30.2 Å². The monoisotopic (exact) mass is 398 g/mol. The van der Waals surface area contributed by atoms with Gasteiger partial charge in [0.25, 0.3) is 0 Å². The van der Waals surface area contributed by atoms with Gasteiger partial charge < -0.3 is 15.6 Å². The summed E-state index contributed by atoms with van der Waals surface area (Å²) in [5.41, 5.74) is 0. The molecule has 1 aliphatic heterocycles. The van der Waals surface area contributed by atoms with Crippen molar-refractivity contribution in [1.82, 2.24) is 5.32 Å². The molecule has 0 spiro atoms. The maximum absolute atomic E-state index is 12.0. The predicted octanol–water partition coefficient (Wildman–Crippen LogP) is 0.578. The van der Waals surface area contributed by atoms with Crippen LogP contribution in [0.25, 0.3) is 0 Å². The highest BCUT2D eigenvalue weighted by atomic mass is 127. The van der Waals surface area contributed by atoms with Crippen molar-refractivity contribution in [3.05, 3.63) is 5.21 Å². The lowest BCUT2D eigenvalue weighted by atomic mass is 10.1. The van der Waals surface area contributed by atoms with E-state index in [1.165, 1.54) is 0 Å². The van der Waals surface area contributed by atoms with Gasteiger partial charge in [-0.15, -0.1) is 0 Å². The Morgan fingerprint density at radius 1 is 1.40 bits per heavy atom. The molecule has 1 aliphatic rings. The van der Waals surface area contributed by atoms with E-state index >= 15 is 0 Å². The number of nitrogens with one attached hydrogen (secondary N) is 1. The highest BCUT2D eigenvalue weighted by molar-refractivity contribution is 14.1. The van der Waals surface area contributed by atoms with Gasteiger partial charge in [-0.1, -0.05) is 29.0 Å². The Labute approximate surface area is 131 Å². The van der Waals surface area contributed by atoms with Crippen LogP contribution < -0.4 is 5.32 Å². The van der Waals surface area contributed by atoms with Gasteiger partial charge in [0.15, 0.2) is 0 Å². The number of hydrogen-bond donors (Lipinski definition) is 2. The SMILES string of the molecule is O=C(CI)NCCCCCC(=O)[N+]1([O-])C(=O)CCC1O. The van der Waals surface area contributed by atoms with Gasteiger partial charge >= 0.3 is 11.8 Å².